The summed E-state index contributed by atoms with van der Waals surface area (Å²) in [6, 6.07) is 6.32. The maximum absolute atomic E-state index is 13.5. The lowest BCUT2D eigenvalue weighted by Gasteiger charge is -2.07. The van der Waals surface area contributed by atoms with E-state index in [0.717, 1.165) is 13.0 Å². The summed E-state index contributed by atoms with van der Waals surface area (Å²) < 4.78 is 15.5. The van der Waals surface area contributed by atoms with Gasteiger partial charge in [0.15, 0.2) is 0 Å². The number of nitrogens with zero attached hydrogens (tertiary/aromatic N) is 3. The molecule has 5 heteroatoms. The highest BCUT2D eigenvalue weighted by atomic mass is 19.1. The monoisotopic (exact) mass is 244 g/mol. The van der Waals surface area contributed by atoms with Crippen LogP contribution in [-0.4, -0.2) is 16.1 Å². The van der Waals surface area contributed by atoms with E-state index in [4.69, 9.17) is 5.26 Å². The van der Waals surface area contributed by atoms with Crippen LogP contribution in [0.4, 0.5) is 10.1 Å². The van der Waals surface area contributed by atoms with E-state index in [1.54, 1.807) is 24.7 Å². The average Bonchev–Trinajstić information content (AvgIpc) is 2.89. The lowest BCUT2D eigenvalue weighted by molar-refractivity contribution is 0.624. The molecule has 2 aromatic rings. The van der Waals surface area contributed by atoms with E-state index >= 15 is 0 Å². The number of imidazole rings is 1. The summed E-state index contributed by atoms with van der Waals surface area (Å²) in [6.45, 7) is 1.51. The van der Waals surface area contributed by atoms with Gasteiger partial charge < -0.3 is 9.88 Å². The Labute approximate surface area is 105 Å². The lowest BCUT2D eigenvalue weighted by atomic mass is 10.2. The Morgan fingerprint density at radius 2 is 2.33 bits per heavy atom. The van der Waals surface area contributed by atoms with E-state index in [9.17, 15) is 4.39 Å². The lowest BCUT2D eigenvalue weighted by Crippen LogP contribution is -2.07. The molecular formula is C13H13FN4. The first-order chi connectivity index (χ1) is 8.79. The third kappa shape index (κ3) is 3.08. The molecule has 0 saturated carbocycles. The number of anilines is 1. The van der Waals surface area contributed by atoms with E-state index in [0.29, 0.717) is 17.8 Å². The van der Waals surface area contributed by atoms with Crippen LogP contribution >= 0.6 is 0 Å². The zero-order chi connectivity index (χ0) is 12.8. The van der Waals surface area contributed by atoms with Crippen LogP contribution in [0.1, 0.15) is 12.0 Å². The summed E-state index contributed by atoms with van der Waals surface area (Å²) in [4.78, 5) is 3.94. The summed E-state index contributed by atoms with van der Waals surface area (Å²) in [5, 5.41) is 11.6. The molecule has 0 unspecified atom stereocenters. The highest BCUT2D eigenvalue weighted by Gasteiger charge is 2.02. The molecule has 1 N–H and O–H groups in total. The maximum Gasteiger partial charge on any atom is 0.147 e. The van der Waals surface area contributed by atoms with E-state index in [2.05, 4.69) is 10.3 Å². The topological polar surface area (TPSA) is 53.6 Å². The fourth-order valence-corrected chi connectivity index (χ4v) is 1.63. The fourth-order valence-electron chi connectivity index (χ4n) is 1.63. The van der Waals surface area contributed by atoms with Crippen LogP contribution in [0.3, 0.4) is 0 Å². The van der Waals surface area contributed by atoms with Crippen LogP contribution in [0, 0.1) is 17.1 Å². The smallest absolute Gasteiger partial charge is 0.147 e. The molecule has 18 heavy (non-hydrogen) atoms. The second-order valence-corrected chi connectivity index (χ2v) is 3.89. The van der Waals surface area contributed by atoms with Crippen molar-refractivity contribution in [3.63, 3.8) is 0 Å². The minimum Gasteiger partial charge on any atom is -0.383 e. The van der Waals surface area contributed by atoms with Crippen molar-refractivity contribution in [3.05, 3.63) is 48.3 Å². The highest BCUT2D eigenvalue weighted by molar-refractivity contribution is 5.48. The number of hydrogen-bond acceptors (Lipinski definition) is 3. The second-order valence-electron chi connectivity index (χ2n) is 3.89. The van der Waals surface area contributed by atoms with Gasteiger partial charge in [0, 0.05) is 25.5 Å². The third-order valence-electron chi connectivity index (χ3n) is 2.57. The summed E-state index contributed by atoms with van der Waals surface area (Å²) in [5.74, 6) is -0.392. The maximum atomic E-state index is 13.5. The predicted octanol–water partition coefficient (Wildman–Crippen LogP) is 2.40. The fraction of sp³-hybridized carbons (Fsp3) is 0.231. The Balaban J connectivity index is 1.82. The van der Waals surface area contributed by atoms with Gasteiger partial charge in [0.1, 0.15) is 5.82 Å². The summed E-state index contributed by atoms with van der Waals surface area (Å²) in [5.41, 5.74) is 0.760. The molecule has 1 heterocycles. The Morgan fingerprint density at radius 1 is 1.44 bits per heavy atom. The number of aromatic nitrogens is 2. The number of benzene rings is 1. The van der Waals surface area contributed by atoms with Crippen molar-refractivity contribution in [2.75, 3.05) is 11.9 Å². The van der Waals surface area contributed by atoms with E-state index in [-0.39, 0.29) is 0 Å². The van der Waals surface area contributed by atoms with Crippen LogP contribution in [-0.2, 0) is 6.54 Å². The number of nitriles is 1. The minimum atomic E-state index is -0.392. The molecule has 4 nitrogen and oxygen atoms in total. The van der Waals surface area contributed by atoms with Crippen molar-refractivity contribution in [3.8, 4) is 6.07 Å². The van der Waals surface area contributed by atoms with Gasteiger partial charge in [-0.15, -0.1) is 0 Å². The van der Waals surface area contributed by atoms with E-state index < -0.39 is 5.82 Å². The number of halogens is 1. The summed E-state index contributed by atoms with van der Waals surface area (Å²) in [6.07, 6.45) is 6.24. The van der Waals surface area contributed by atoms with Crippen LogP contribution in [0.15, 0.2) is 36.9 Å². The average molecular weight is 244 g/mol. The van der Waals surface area contributed by atoms with Crippen molar-refractivity contribution in [2.24, 2.45) is 0 Å². The third-order valence-corrected chi connectivity index (χ3v) is 2.57. The van der Waals surface area contributed by atoms with Crippen molar-refractivity contribution < 1.29 is 4.39 Å². The second kappa shape index (κ2) is 5.82. The highest BCUT2D eigenvalue weighted by Crippen LogP contribution is 2.15. The molecule has 0 radical (unpaired) electrons. The Hall–Kier alpha value is -2.35. The minimum absolute atomic E-state index is 0.330. The van der Waals surface area contributed by atoms with Crippen LogP contribution in [0.5, 0.6) is 0 Å². The first-order valence-electron chi connectivity index (χ1n) is 5.69. The summed E-state index contributed by atoms with van der Waals surface area (Å²) in [7, 11) is 0. The molecule has 0 fully saturated rings. The molecular weight excluding hydrogens is 231 g/mol. The van der Waals surface area contributed by atoms with Gasteiger partial charge in [-0.2, -0.15) is 5.26 Å². The number of hydrogen-bond donors (Lipinski definition) is 1. The van der Waals surface area contributed by atoms with Gasteiger partial charge in [-0.3, -0.25) is 0 Å². The molecule has 2 rings (SSSR count). The molecule has 0 saturated heterocycles. The van der Waals surface area contributed by atoms with E-state index in [1.807, 2.05) is 16.8 Å². The van der Waals surface area contributed by atoms with Crippen LogP contribution in [0.2, 0.25) is 0 Å². The zero-order valence-electron chi connectivity index (χ0n) is 9.81. The molecule has 0 aliphatic carbocycles. The molecule has 0 atom stereocenters. The SMILES string of the molecule is N#Cc1ccc(NCCCn2ccnc2)c(F)c1. The van der Waals surface area contributed by atoms with Crippen molar-refractivity contribution >= 4 is 5.69 Å². The van der Waals surface area contributed by atoms with Crippen molar-refractivity contribution in [1.29, 1.82) is 5.26 Å². The van der Waals surface area contributed by atoms with Gasteiger partial charge in [0.05, 0.1) is 23.6 Å². The van der Waals surface area contributed by atoms with Gasteiger partial charge in [0.2, 0.25) is 0 Å². The zero-order valence-corrected chi connectivity index (χ0v) is 9.81. The molecule has 0 aliphatic heterocycles. The Bertz CT molecular complexity index is 543. The normalized spacial score (nSPS) is 10.0. The van der Waals surface area contributed by atoms with Gasteiger partial charge in [0.25, 0.3) is 0 Å². The standard InChI is InChI=1S/C13H13FN4/c14-12-8-11(9-15)2-3-13(12)17-4-1-6-18-7-5-16-10-18/h2-3,5,7-8,10,17H,1,4,6H2. The molecule has 0 spiro atoms. The van der Waals surface area contributed by atoms with Crippen molar-refractivity contribution in [2.45, 2.75) is 13.0 Å². The molecule has 92 valence electrons. The quantitative estimate of drug-likeness (QED) is 0.822. The predicted molar refractivity (Wildman–Crippen MR) is 66.4 cm³/mol. The first-order valence-corrected chi connectivity index (χ1v) is 5.69. The Kier molecular flexibility index (Phi) is 3.92. The van der Waals surface area contributed by atoms with Gasteiger partial charge >= 0.3 is 0 Å². The molecule has 1 aromatic heterocycles. The first kappa shape index (κ1) is 12.1. The van der Waals surface area contributed by atoms with Crippen LogP contribution < -0.4 is 5.32 Å². The molecule has 0 bridgehead atoms. The number of nitrogens with one attached hydrogen (secondary N) is 1. The van der Waals surface area contributed by atoms with Gasteiger partial charge in [-0.1, -0.05) is 0 Å². The van der Waals surface area contributed by atoms with Crippen LogP contribution in [0.25, 0.3) is 0 Å². The van der Waals surface area contributed by atoms with Crippen molar-refractivity contribution in [1.82, 2.24) is 9.55 Å². The Morgan fingerprint density at radius 3 is 3.00 bits per heavy atom. The number of aryl methyl sites for hydroxylation is 1. The van der Waals surface area contributed by atoms with E-state index in [1.165, 1.54) is 6.07 Å². The number of rotatable bonds is 5. The molecule has 0 amide bonds. The van der Waals surface area contributed by atoms with Gasteiger partial charge in [-0.05, 0) is 24.6 Å². The molecule has 1 aromatic carbocycles. The largest absolute Gasteiger partial charge is 0.383 e. The molecule has 0 aliphatic rings. The van der Waals surface area contributed by atoms with Gasteiger partial charge in [-0.25, -0.2) is 9.37 Å². The summed E-state index contributed by atoms with van der Waals surface area (Å²) >= 11 is 0.